The molecule has 0 amide bonds. The summed E-state index contributed by atoms with van der Waals surface area (Å²) in [6.07, 6.45) is 3.45. The van der Waals surface area contributed by atoms with Gasteiger partial charge in [-0.15, -0.1) is 0 Å². The third kappa shape index (κ3) is 2.32. The van der Waals surface area contributed by atoms with E-state index < -0.39 is 0 Å². The number of ether oxygens (including phenoxy) is 1. The summed E-state index contributed by atoms with van der Waals surface area (Å²) in [5.74, 6) is 0.980. The number of allylic oxidation sites excluding steroid dienone is 1. The summed E-state index contributed by atoms with van der Waals surface area (Å²) in [5.41, 5.74) is 2.85. The van der Waals surface area contributed by atoms with Gasteiger partial charge in [0.15, 0.2) is 0 Å². The normalized spacial score (nSPS) is 13.7. The fourth-order valence-electron chi connectivity index (χ4n) is 2.07. The van der Waals surface area contributed by atoms with Crippen LogP contribution in [-0.4, -0.2) is 28.0 Å². The Kier molecular flexibility index (Phi) is 3.41. The molecular weight excluding hydrogens is 336 g/mol. The van der Waals surface area contributed by atoms with Crippen molar-refractivity contribution in [1.82, 2.24) is 0 Å². The van der Waals surface area contributed by atoms with Gasteiger partial charge in [0.25, 0.3) is 0 Å². The molecule has 1 aliphatic rings. The van der Waals surface area contributed by atoms with Gasteiger partial charge in [0.05, 0.1) is 0 Å². The first-order valence-electron chi connectivity index (χ1n) is 5.97. The molecule has 0 spiro atoms. The van der Waals surface area contributed by atoms with Crippen molar-refractivity contribution in [2.45, 2.75) is 6.42 Å². The van der Waals surface area contributed by atoms with Crippen LogP contribution >= 0.6 is 0 Å². The van der Waals surface area contributed by atoms with E-state index in [2.05, 4.69) is 54.6 Å². The van der Waals surface area contributed by atoms with Crippen molar-refractivity contribution >= 4 is 28.2 Å². The number of fused-ring (bicyclic) bond motifs is 1. The van der Waals surface area contributed by atoms with Crippen LogP contribution in [0, 0.1) is 0 Å². The zero-order chi connectivity index (χ0) is 12.4. The summed E-state index contributed by atoms with van der Waals surface area (Å²) in [6.45, 7) is 0. The predicted octanol–water partition coefficient (Wildman–Crippen LogP) is 2.62. The van der Waals surface area contributed by atoms with Crippen LogP contribution in [-0.2, 0) is 6.42 Å². The van der Waals surface area contributed by atoms with E-state index in [-0.39, 0.29) is 20.9 Å². The van der Waals surface area contributed by atoms with Crippen LogP contribution in [0.4, 0.5) is 0 Å². The van der Waals surface area contributed by atoms with E-state index in [1.165, 1.54) is 14.7 Å². The van der Waals surface area contributed by atoms with Crippen molar-refractivity contribution in [3.05, 3.63) is 65.7 Å². The van der Waals surface area contributed by atoms with Crippen LogP contribution in [0.1, 0.15) is 11.1 Å². The van der Waals surface area contributed by atoms with E-state index in [4.69, 9.17) is 4.74 Å². The topological polar surface area (TPSA) is 9.23 Å². The second-order valence-electron chi connectivity index (χ2n) is 4.21. The van der Waals surface area contributed by atoms with E-state index >= 15 is 0 Å². The molecule has 0 aliphatic carbocycles. The van der Waals surface area contributed by atoms with E-state index in [1.807, 2.05) is 0 Å². The Morgan fingerprint density at radius 3 is 2.67 bits per heavy atom. The first-order chi connectivity index (χ1) is 8.86. The number of hydrogen-bond acceptors (Lipinski definition) is 1. The van der Waals surface area contributed by atoms with Gasteiger partial charge in [0, 0.05) is 0 Å². The molecule has 2 heteroatoms. The van der Waals surface area contributed by atoms with Crippen LogP contribution in [0.15, 0.2) is 54.6 Å². The number of rotatable bonds is 2. The summed E-state index contributed by atoms with van der Waals surface area (Å²) in [7, 11) is 1.74. The molecule has 0 unspecified atom stereocenters. The molecular formula is C16H14OTe. The van der Waals surface area contributed by atoms with E-state index in [0.29, 0.717) is 0 Å². The first kappa shape index (κ1) is 11.8. The molecule has 0 fully saturated rings. The van der Waals surface area contributed by atoms with Gasteiger partial charge in [-0.05, 0) is 0 Å². The minimum atomic E-state index is -0.289. The van der Waals surface area contributed by atoms with Gasteiger partial charge >= 0.3 is 118 Å². The van der Waals surface area contributed by atoms with Crippen molar-refractivity contribution in [3.63, 3.8) is 0 Å². The second kappa shape index (κ2) is 5.18. The van der Waals surface area contributed by atoms with Gasteiger partial charge in [-0.25, -0.2) is 0 Å². The van der Waals surface area contributed by atoms with Crippen molar-refractivity contribution < 1.29 is 4.74 Å². The SMILES string of the molecule is COc1ccc2c(c1)[Te]C(c1ccccc1)=CC2. The van der Waals surface area contributed by atoms with Crippen LogP contribution < -0.4 is 8.35 Å². The fourth-order valence-corrected chi connectivity index (χ4v) is 5.25. The monoisotopic (exact) mass is 352 g/mol. The zero-order valence-corrected chi connectivity index (χ0v) is 12.6. The Morgan fingerprint density at radius 2 is 1.89 bits per heavy atom. The molecule has 2 aromatic rings. The van der Waals surface area contributed by atoms with E-state index in [1.54, 1.807) is 10.7 Å². The molecule has 1 aliphatic heterocycles. The third-order valence-corrected chi connectivity index (χ3v) is 6.55. The molecule has 2 aromatic carbocycles. The Bertz CT molecular complexity index is 587. The molecule has 1 heterocycles. The molecule has 90 valence electrons. The Morgan fingerprint density at radius 1 is 1.06 bits per heavy atom. The van der Waals surface area contributed by atoms with Gasteiger partial charge in [-0.1, -0.05) is 0 Å². The van der Waals surface area contributed by atoms with Crippen LogP contribution in [0.3, 0.4) is 0 Å². The minimum absolute atomic E-state index is 0.289. The van der Waals surface area contributed by atoms with Gasteiger partial charge in [0.2, 0.25) is 0 Å². The number of hydrogen-bond donors (Lipinski definition) is 0. The van der Waals surface area contributed by atoms with E-state index in [0.717, 1.165) is 12.2 Å². The average Bonchev–Trinajstić information content (AvgIpc) is 2.47. The Labute approximate surface area is 118 Å². The summed E-state index contributed by atoms with van der Waals surface area (Å²) < 4.78 is 8.38. The van der Waals surface area contributed by atoms with E-state index in [9.17, 15) is 0 Å². The van der Waals surface area contributed by atoms with Gasteiger partial charge in [-0.3, -0.25) is 0 Å². The van der Waals surface area contributed by atoms with Gasteiger partial charge < -0.3 is 0 Å². The Hall–Kier alpha value is -1.23. The standard InChI is InChI=1S/C16H14OTe/c1-17-14-9-7-13-8-10-15(18-16(13)11-14)12-5-3-2-4-6-12/h2-7,9-11H,8H2,1H3. The molecule has 0 saturated carbocycles. The maximum atomic E-state index is 5.32. The third-order valence-electron chi connectivity index (χ3n) is 3.06. The molecule has 18 heavy (non-hydrogen) atoms. The zero-order valence-electron chi connectivity index (χ0n) is 10.2. The quantitative estimate of drug-likeness (QED) is 0.757. The van der Waals surface area contributed by atoms with Crippen molar-refractivity contribution in [3.8, 4) is 5.75 Å². The summed E-state index contributed by atoms with van der Waals surface area (Å²) in [6, 6.07) is 17.2. The summed E-state index contributed by atoms with van der Waals surface area (Å²) >= 11 is -0.289. The molecule has 1 nitrogen and oxygen atoms in total. The van der Waals surface area contributed by atoms with Crippen LogP contribution in [0.25, 0.3) is 3.62 Å². The first-order valence-corrected chi connectivity index (χ1v) is 8.30. The molecule has 3 rings (SSSR count). The number of benzene rings is 2. The van der Waals surface area contributed by atoms with Crippen LogP contribution in [0.2, 0.25) is 0 Å². The summed E-state index contributed by atoms with van der Waals surface area (Å²) in [4.78, 5) is 0. The fraction of sp³-hybridized carbons (Fsp3) is 0.125. The molecule has 0 radical (unpaired) electrons. The average molecular weight is 350 g/mol. The van der Waals surface area contributed by atoms with Crippen molar-refractivity contribution in [2.24, 2.45) is 0 Å². The Balaban J connectivity index is 1.93. The summed E-state index contributed by atoms with van der Waals surface area (Å²) in [5, 5.41) is 0. The number of methoxy groups -OCH3 is 1. The van der Waals surface area contributed by atoms with Crippen LogP contribution in [0.5, 0.6) is 5.75 Å². The van der Waals surface area contributed by atoms with Crippen molar-refractivity contribution in [2.75, 3.05) is 7.11 Å². The van der Waals surface area contributed by atoms with Gasteiger partial charge in [-0.2, -0.15) is 0 Å². The van der Waals surface area contributed by atoms with Gasteiger partial charge in [0.1, 0.15) is 0 Å². The molecule has 0 N–H and O–H groups in total. The van der Waals surface area contributed by atoms with Crippen molar-refractivity contribution in [1.29, 1.82) is 0 Å². The molecule has 0 aromatic heterocycles. The molecule has 0 bridgehead atoms. The predicted molar refractivity (Wildman–Crippen MR) is 76.5 cm³/mol. The molecule has 0 atom stereocenters. The second-order valence-corrected chi connectivity index (χ2v) is 7.31. The maximum absolute atomic E-state index is 5.32. The molecule has 0 saturated heterocycles.